The Labute approximate surface area is 128 Å². The number of nitro benzene ring substituents is 1. The van der Waals surface area contributed by atoms with Crippen LogP contribution >= 0.6 is 15.9 Å². The second kappa shape index (κ2) is 6.19. The Morgan fingerprint density at radius 3 is 2.71 bits per heavy atom. The molecular formula is C14H12BrFN2O3. The quantitative estimate of drug-likeness (QED) is 0.655. The van der Waals surface area contributed by atoms with Gasteiger partial charge in [0.05, 0.1) is 9.40 Å². The number of ether oxygens (including phenoxy) is 1. The molecule has 1 atom stereocenters. The molecule has 1 unspecified atom stereocenters. The van der Waals surface area contributed by atoms with E-state index >= 15 is 0 Å². The summed E-state index contributed by atoms with van der Waals surface area (Å²) in [4.78, 5) is 10.4. The van der Waals surface area contributed by atoms with Crippen molar-refractivity contribution in [2.24, 2.45) is 5.73 Å². The zero-order chi connectivity index (χ0) is 15.6. The zero-order valence-corrected chi connectivity index (χ0v) is 12.6. The molecule has 110 valence electrons. The Morgan fingerprint density at radius 2 is 2.10 bits per heavy atom. The predicted octanol–water partition coefficient (Wildman–Crippen LogP) is 4.31. The van der Waals surface area contributed by atoms with Crippen molar-refractivity contribution in [1.29, 1.82) is 0 Å². The van der Waals surface area contributed by atoms with Crippen LogP contribution in [0.1, 0.15) is 18.5 Å². The molecular weight excluding hydrogens is 343 g/mol. The molecule has 0 saturated heterocycles. The molecule has 21 heavy (non-hydrogen) atoms. The molecule has 0 aliphatic heterocycles. The van der Waals surface area contributed by atoms with Crippen LogP contribution in [0, 0.1) is 15.9 Å². The molecule has 0 amide bonds. The summed E-state index contributed by atoms with van der Waals surface area (Å²) >= 11 is 2.91. The minimum absolute atomic E-state index is 0.00545. The molecule has 2 aromatic rings. The minimum atomic E-state index is -0.640. The number of hydrogen-bond donors (Lipinski definition) is 1. The van der Waals surface area contributed by atoms with Crippen molar-refractivity contribution in [3.63, 3.8) is 0 Å². The first-order valence-electron chi connectivity index (χ1n) is 6.05. The maximum absolute atomic E-state index is 13.6. The average molecular weight is 355 g/mol. The molecule has 7 heteroatoms. The summed E-state index contributed by atoms with van der Waals surface area (Å²) in [6.07, 6.45) is 0. The molecule has 0 spiro atoms. The molecule has 0 aliphatic carbocycles. The standard InChI is InChI=1S/C14H12BrFN2O3/c1-8(17)9-3-2-4-10(5-9)21-14-7-12(16)11(15)6-13(14)18(19)20/h2-8H,17H2,1H3. The third-order valence-electron chi connectivity index (χ3n) is 2.81. The highest BCUT2D eigenvalue weighted by Crippen LogP contribution is 2.35. The van der Waals surface area contributed by atoms with E-state index in [-0.39, 0.29) is 22.0 Å². The monoisotopic (exact) mass is 354 g/mol. The first-order valence-corrected chi connectivity index (χ1v) is 6.84. The van der Waals surface area contributed by atoms with Crippen molar-refractivity contribution in [3.8, 4) is 11.5 Å². The van der Waals surface area contributed by atoms with E-state index in [1.165, 1.54) is 0 Å². The van der Waals surface area contributed by atoms with Crippen LogP contribution in [0.4, 0.5) is 10.1 Å². The molecule has 0 aromatic heterocycles. The van der Waals surface area contributed by atoms with Gasteiger partial charge in [-0.05, 0) is 40.5 Å². The lowest BCUT2D eigenvalue weighted by atomic mass is 10.1. The summed E-state index contributed by atoms with van der Waals surface area (Å²) in [6, 6.07) is 8.65. The first kappa shape index (κ1) is 15.4. The van der Waals surface area contributed by atoms with Crippen LogP contribution < -0.4 is 10.5 Å². The number of nitrogens with two attached hydrogens (primary N) is 1. The lowest BCUT2D eigenvalue weighted by Crippen LogP contribution is -2.04. The van der Waals surface area contributed by atoms with Gasteiger partial charge in [-0.25, -0.2) is 4.39 Å². The van der Waals surface area contributed by atoms with Crippen molar-refractivity contribution < 1.29 is 14.1 Å². The van der Waals surface area contributed by atoms with Gasteiger partial charge < -0.3 is 10.5 Å². The van der Waals surface area contributed by atoms with Crippen molar-refractivity contribution in [2.45, 2.75) is 13.0 Å². The maximum Gasteiger partial charge on any atom is 0.312 e. The van der Waals surface area contributed by atoms with E-state index in [0.29, 0.717) is 5.75 Å². The van der Waals surface area contributed by atoms with E-state index in [1.807, 2.05) is 6.07 Å². The highest BCUT2D eigenvalue weighted by molar-refractivity contribution is 9.10. The number of nitrogens with zero attached hydrogens (tertiary/aromatic N) is 1. The van der Waals surface area contributed by atoms with Crippen LogP contribution in [0.15, 0.2) is 40.9 Å². The maximum atomic E-state index is 13.6. The van der Waals surface area contributed by atoms with Gasteiger partial charge in [-0.3, -0.25) is 10.1 Å². The Hall–Kier alpha value is -1.99. The molecule has 0 fully saturated rings. The lowest BCUT2D eigenvalue weighted by molar-refractivity contribution is -0.385. The second-order valence-electron chi connectivity index (χ2n) is 4.45. The van der Waals surface area contributed by atoms with Crippen LogP contribution in [0.3, 0.4) is 0 Å². The molecule has 0 aliphatic rings. The number of rotatable bonds is 4. The van der Waals surface area contributed by atoms with Crippen molar-refractivity contribution >= 4 is 21.6 Å². The lowest BCUT2D eigenvalue weighted by Gasteiger charge is -2.10. The van der Waals surface area contributed by atoms with Gasteiger partial charge in [-0.1, -0.05) is 12.1 Å². The molecule has 0 bridgehead atoms. The van der Waals surface area contributed by atoms with Crippen LogP contribution in [0.25, 0.3) is 0 Å². The molecule has 2 rings (SSSR count). The van der Waals surface area contributed by atoms with Crippen LogP contribution in [0.5, 0.6) is 11.5 Å². The van der Waals surface area contributed by atoms with E-state index < -0.39 is 10.7 Å². The van der Waals surface area contributed by atoms with Gasteiger partial charge in [-0.2, -0.15) is 0 Å². The van der Waals surface area contributed by atoms with Gasteiger partial charge in [-0.15, -0.1) is 0 Å². The molecule has 0 saturated carbocycles. The average Bonchev–Trinajstić information content (AvgIpc) is 2.42. The van der Waals surface area contributed by atoms with Crippen molar-refractivity contribution in [3.05, 3.63) is 62.4 Å². The summed E-state index contributed by atoms with van der Waals surface area (Å²) < 4.78 is 19.0. The number of benzene rings is 2. The molecule has 0 radical (unpaired) electrons. The second-order valence-corrected chi connectivity index (χ2v) is 5.31. The fourth-order valence-electron chi connectivity index (χ4n) is 1.73. The highest BCUT2D eigenvalue weighted by Gasteiger charge is 2.19. The summed E-state index contributed by atoms with van der Waals surface area (Å²) in [7, 11) is 0. The Balaban J connectivity index is 2.41. The molecule has 2 aromatic carbocycles. The zero-order valence-electron chi connectivity index (χ0n) is 11.0. The normalized spacial score (nSPS) is 12.0. The first-order chi connectivity index (χ1) is 9.88. The molecule has 0 heterocycles. The van der Waals surface area contributed by atoms with Crippen molar-refractivity contribution in [1.82, 2.24) is 0 Å². The Bertz CT molecular complexity index is 692. The Kier molecular flexibility index (Phi) is 4.54. The summed E-state index contributed by atoms with van der Waals surface area (Å²) in [5.74, 6) is -0.448. The third kappa shape index (κ3) is 3.56. The van der Waals surface area contributed by atoms with E-state index in [2.05, 4.69) is 15.9 Å². The van der Waals surface area contributed by atoms with E-state index in [1.54, 1.807) is 25.1 Å². The minimum Gasteiger partial charge on any atom is -0.450 e. The molecule has 2 N–H and O–H groups in total. The van der Waals surface area contributed by atoms with Gasteiger partial charge in [0, 0.05) is 18.2 Å². The highest BCUT2D eigenvalue weighted by atomic mass is 79.9. The van der Waals surface area contributed by atoms with Gasteiger partial charge in [0.2, 0.25) is 5.75 Å². The van der Waals surface area contributed by atoms with E-state index in [4.69, 9.17) is 10.5 Å². The summed E-state index contributed by atoms with van der Waals surface area (Å²) in [5.41, 5.74) is 6.26. The van der Waals surface area contributed by atoms with Crippen LogP contribution in [-0.2, 0) is 0 Å². The predicted molar refractivity (Wildman–Crippen MR) is 79.9 cm³/mol. The van der Waals surface area contributed by atoms with Crippen LogP contribution in [-0.4, -0.2) is 4.92 Å². The number of hydrogen-bond acceptors (Lipinski definition) is 4. The third-order valence-corrected chi connectivity index (χ3v) is 3.42. The van der Waals surface area contributed by atoms with Crippen LogP contribution in [0.2, 0.25) is 0 Å². The van der Waals surface area contributed by atoms with Crippen molar-refractivity contribution in [2.75, 3.05) is 0 Å². The fourth-order valence-corrected chi connectivity index (χ4v) is 2.06. The van der Waals surface area contributed by atoms with Gasteiger partial charge in [0.1, 0.15) is 11.6 Å². The topological polar surface area (TPSA) is 78.4 Å². The van der Waals surface area contributed by atoms with Gasteiger partial charge >= 0.3 is 5.69 Å². The smallest absolute Gasteiger partial charge is 0.312 e. The molecule has 5 nitrogen and oxygen atoms in total. The largest absolute Gasteiger partial charge is 0.450 e. The fraction of sp³-hybridized carbons (Fsp3) is 0.143. The summed E-state index contributed by atoms with van der Waals surface area (Å²) in [6.45, 7) is 1.81. The summed E-state index contributed by atoms with van der Waals surface area (Å²) in [5, 5.41) is 11.0. The van der Waals surface area contributed by atoms with Gasteiger partial charge in [0.25, 0.3) is 0 Å². The van der Waals surface area contributed by atoms with E-state index in [9.17, 15) is 14.5 Å². The Morgan fingerprint density at radius 1 is 1.38 bits per heavy atom. The SMILES string of the molecule is CC(N)c1cccc(Oc2cc(F)c(Br)cc2[N+](=O)[O-])c1. The van der Waals surface area contributed by atoms with Gasteiger partial charge in [0.15, 0.2) is 0 Å². The van der Waals surface area contributed by atoms with E-state index in [0.717, 1.165) is 17.7 Å². The number of halogens is 2. The number of nitro groups is 1.